The van der Waals surface area contributed by atoms with Crippen LogP contribution in [0, 0.1) is 12.3 Å². The molecule has 0 aliphatic heterocycles. The molecule has 1 rings (SSSR count). The highest BCUT2D eigenvalue weighted by atomic mass is 14.1. The molecule has 0 amide bonds. The van der Waals surface area contributed by atoms with Gasteiger partial charge in [-0.3, -0.25) is 0 Å². The Balaban J connectivity index is 2.56. The minimum Gasteiger partial charge on any atom is -0.0837 e. The summed E-state index contributed by atoms with van der Waals surface area (Å²) in [5.41, 5.74) is 1.52. The van der Waals surface area contributed by atoms with Crippen LogP contribution in [-0.4, -0.2) is 0 Å². The second-order valence-corrected chi connectivity index (χ2v) is 3.05. The van der Waals surface area contributed by atoms with Crippen LogP contribution in [0.1, 0.15) is 33.1 Å². The van der Waals surface area contributed by atoms with Gasteiger partial charge < -0.3 is 0 Å². The van der Waals surface area contributed by atoms with E-state index in [4.69, 9.17) is 0 Å². The average molecular weight is 149 g/mol. The van der Waals surface area contributed by atoms with Gasteiger partial charge in [-0.15, -0.1) is 0 Å². The van der Waals surface area contributed by atoms with E-state index < -0.39 is 0 Å². The van der Waals surface area contributed by atoms with E-state index in [9.17, 15) is 0 Å². The van der Waals surface area contributed by atoms with Gasteiger partial charge in [-0.25, -0.2) is 0 Å². The van der Waals surface area contributed by atoms with E-state index >= 15 is 0 Å². The zero-order chi connectivity index (χ0) is 8.10. The van der Waals surface area contributed by atoms with E-state index in [0.29, 0.717) is 0 Å². The standard InChI is InChI=1S/C11H17/c1-3-10(4-2)11-8-6-5-7-9-11/h6-10H,3-5H2,1-2H3. The molecule has 0 bridgehead atoms. The lowest BCUT2D eigenvalue weighted by molar-refractivity contribution is 0.581. The zero-order valence-electron chi connectivity index (χ0n) is 7.51. The van der Waals surface area contributed by atoms with E-state index in [-0.39, 0.29) is 0 Å². The van der Waals surface area contributed by atoms with Crippen LogP contribution in [0.3, 0.4) is 0 Å². The first kappa shape index (κ1) is 8.58. The molecule has 0 heteroatoms. The minimum atomic E-state index is 0.780. The first-order valence-corrected chi connectivity index (χ1v) is 4.58. The third-order valence-electron chi connectivity index (χ3n) is 2.35. The summed E-state index contributed by atoms with van der Waals surface area (Å²) in [6.07, 6.45) is 12.7. The van der Waals surface area contributed by atoms with Crippen LogP contribution in [0.5, 0.6) is 0 Å². The van der Waals surface area contributed by atoms with Gasteiger partial charge in [-0.2, -0.15) is 0 Å². The fraction of sp³-hybridized carbons (Fsp3) is 0.545. The van der Waals surface area contributed by atoms with Gasteiger partial charge in [0.15, 0.2) is 0 Å². The first-order valence-electron chi connectivity index (χ1n) is 4.58. The van der Waals surface area contributed by atoms with Crippen LogP contribution in [0.2, 0.25) is 0 Å². The van der Waals surface area contributed by atoms with E-state index in [1.165, 1.54) is 18.4 Å². The van der Waals surface area contributed by atoms with Crippen LogP contribution in [0.15, 0.2) is 23.8 Å². The molecule has 0 aromatic carbocycles. The smallest absolute Gasteiger partial charge is 0.0127 e. The monoisotopic (exact) mass is 149 g/mol. The van der Waals surface area contributed by atoms with Crippen molar-refractivity contribution >= 4 is 0 Å². The number of rotatable bonds is 3. The van der Waals surface area contributed by atoms with Gasteiger partial charge in [0.2, 0.25) is 0 Å². The summed E-state index contributed by atoms with van der Waals surface area (Å²) in [7, 11) is 0. The Bertz CT molecular complexity index is 159. The Morgan fingerprint density at radius 2 is 2.09 bits per heavy atom. The Kier molecular flexibility index (Phi) is 3.41. The molecule has 1 aliphatic rings. The lowest BCUT2D eigenvalue weighted by Gasteiger charge is -2.15. The maximum absolute atomic E-state index is 2.28. The van der Waals surface area contributed by atoms with Gasteiger partial charge in [0.1, 0.15) is 0 Å². The molecule has 61 valence electrons. The fourth-order valence-electron chi connectivity index (χ4n) is 1.57. The molecule has 0 N–H and O–H groups in total. The van der Waals surface area contributed by atoms with Gasteiger partial charge in [0, 0.05) is 0 Å². The summed E-state index contributed by atoms with van der Waals surface area (Å²) in [4.78, 5) is 0. The molecular weight excluding hydrogens is 132 g/mol. The van der Waals surface area contributed by atoms with Crippen molar-refractivity contribution in [2.75, 3.05) is 0 Å². The highest BCUT2D eigenvalue weighted by molar-refractivity contribution is 5.28. The highest BCUT2D eigenvalue weighted by Crippen LogP contribution is 2.23. The molecule has 1 radical (unpaired) electrons. The summed E-state index contributed by atoms with van der Waals surface area (Å²) < 4.78 is 0. The van der Waals surface area contributed by atoms with Crippen LogP contribution in [0.25, 0.3) is 0 Å². The predicted molar refractivity (Wildman–Crippen MR) is 50.2 cm³/mol. The molecule has 0 heterocycles. The molecule has 0 unspecified atom stereocenters. The van der Waals surface area contributed by atoms with Crippen molar-refractivity contribution in [3.05, 3.63) is 30.2 Å². The largest absolute Gasteiger partial charge is 0.0837 e. The van der Waals surface area contributed by atoms with Crippen LogP contribution >= 0.6 is 0 Å². The molecule has 0 atom stereocenters. The lowest BCUT2D eigenvalue weighted by Crippen LogP contribution is -2.01. The van der Waals surface area contributed by atoms with E-state index in [1.54, 1.807) is 0 Å². The van der Waals surface area contributed by atoms with Crippen LogP contribution < -0.4 is 0 Å². The first-order chi connectivity index (χ1) is 5.38. The quantitative estimate of drug-likeness (QED) is 0.576. The second kappa shape index (κ2) is 4.38. The predicted octanol–water partition coefficient (Wildman–Crippen LogP) is 3.51. The van der Waals surface area contributed by atoms with Crippen LogP contribution in [0.4, 0.5) is 0 Å². The Morgan fingerprint density at radius 1 is 1.36 bits per heavy atom. The van der Waals surface area contributed by atoms with Crippen molar-refractivity contribution in [1.29, 1.82) is 0 Å². The van der Waals surface area contributed by atoms with Crippen molar-refractivity contribution in [2.24, 2.45) is 5.92 Å². The Morgan fingerprint density at radius 3 is 2.55 bits per heavy atom. The molecule has 1 aliphatic carbocycles. The maximum Gasteiger partial charge on any atom is -0.0127 e. The highest BCUT2D eigenvalue weighted by Gasteiger charge is 2.08. The number of hydrogen-bond acceptors (Lipinski definition) is 0. The van der Waals surface area contributed by atoms with Crippen LogP contribution in [-0.2, 0) is 0 Å². The molecular formula is C11H17. The number of allylic oxidation sites excluding steroid dienone is 4. The molecule has 0 aromatic rings. The third-order valence-corrected chi connectivity index (χ3v) is 2.35. The van der Waals surface area contributed by atoms with Crippen molar-refractivity contribution < 1.29 is 0 Å². The Labute approximate surface area is 70.0 Å². The maximum atomic E-state index is 2.28. The van der Waals surface area contributed by atoms with Gasteiger partial charge in [0.25, 0.3) is 0 Å². The summed E-state index contributed by atoms with van der Waals surface area (Å²) in [5.74, 6) is 0.780. The van der Waals surface area contributed by atoms with E-state index in [1.807, 2.05) is 0 Å². The van der Waals surface area contributed by atoms with Gasteiger partial charge in [0.05, 0.1) is 0 Å². The molecule has 0 fully saturated rings. The van der Waals surface area contributed by atoms with E-state index in [2.05, 4.69) is 38.5 Å². The third kappa shape index (κ3) is 2.21. The molecule has 0 saturated heterocycles. The molecule has 0 saturated carbocycles. The lowest BCUT2D eigenvalue weighted by atomic mass is 9.90. The van der Waals surface area contributed by atoms with Crippen molar-refractivity contribution in [2.45, 2.75) is 33.1 Å². The molecule has 11 heavy (non-hydrogen) atoms. The zero-order valence-corrected chi connectivity index (χ0v) is 7.51. The van der Waals surface area contributed by atoms with Crippen molar-refractivity contribution in [3.63, 3.8) is 0 Å². The van der Waals surface area contributed by atoms with Crippen molar-refractivity contribution in [1.82, 2.24) is 0 Å². The normalized spacial score (nSPS) is 17.2. The topological polar surface area (TPSA) is 0 Å². The Hall–Kier alpha value is -0.520. The summed E-state index contributed by atoms with van der Waals surface area (Å²) in [6, 6.07) is 0. The van der Waals surface area contributed by atoms with Gasteiger partial charge in [-0.1, -0.05) is 32.1 Å². The van der Waals surface area contributed by atoms with Gasteiger partial charge >= 0.3 is 0 Å². The minimum absolute atomic E-state index is 0.780. The van der Waals surface area contributed by atoms with Gasteiger partial charge in [-0.05, 0) is 37.2 Å². The molecule has 0 aromatic heterocycles. The SMILES string of the molecule is CCC(CC)C1=C[CH]CC=C1. The fourth-order valence-corrected chi connectivity index (χ4v) is 1.57. The molecule has 0 spiro atoms. The second-order valence-electron chi connectivity index (χ2n) is 3.05. The summed E-state index contributed by atoms with van der Waals surface area (Å²) >= 11 is 0. The van der Waals surface area contributed by atoms with Crippen molar-refractivity contribution in [3.8, 4) is 0 Å². The summed E-state index contributed by atoms with van der Waals surface area (Å²) in [6.45, 7) is 4.52. The number of hydrogen-bond donors (Lipinski definition) is 0. The molecule has 0 nitrogen and oxygen atoms in total. The summed E-state index contributed by atoms with van der Waals surface area (Å²) in [5, 5.41) is 0. The van der Waals surface area contributed by atoms with E-state index in [0.717, 1.165) is 12.3 Å². The average Bonchev–Trinajstić information content (AvgIpc) is 2.09.